The average molecular weight is 153 g/mol. The molecule has 0 N–H and O–H groups in total. The average Bonchev–Trinajstić information content (AvgIpc) is 1.88. The van der Waals surface area contributed by atoms with Gasteiger partial charge in [0.15, 0.2) is 0 Å². The molecule has 0 aromatic carbocycles. The molecule has 0 aliphatic rings. The van der Waals surface area contributed by atoms with E-state index >= 15 is 0 Å². The van der Waals surface area contributed by atoms with E-state index in [1.807, 2.05) is 0 Å². The Kier molecular flexibility index (Phi) is 6.50. The minimum Gasteiger partial charge on any atom is -0.251 e. The van der Waals surface area contributed by atoms with Gasteiger partial charge < -0.3 is 0 Å². The van der Waals surface area contributed by atoms with Crippen LogP contribution in [0.4, 0.5) is 4.39 Å². The summed E-state index contributed by atoms with van der Waals surface area (Å²) >= 11 is 5.44. The van der Waals surface area contributed by atoms with Gasteiger partial charge >= 0.3 is 0 Å². The van der Waals surface area contributed by atoms with E-state index in [0.29, 0.717) is 5.88 Å². The number of rotatable bonds is 5. The Balaban J connectivity index is 3.18. The van der Waals surface area contributed by atoms with Gasteiger partial charge in [0.1, 0.15) is 0 Å². The number of hydrogen-bond donors (Lipinski definition) is 0. The first-order chi connectivity index (χ1) is 4.35. The topological polar surface area (TPSA) is 0 Å². The predicted molar refractivity (Wildman–Crippen MR) is 39.7 cm³/mol. The third-order valence-electron chi connectivity index (χ3n) is 1.43. The third-order valence-corrected chi connectivity index (χ3v) is 1.65. The van der Waals surface area contributed by atoms with Gasteiger partial charge in [-0.15, -0.1) is 11.6 Å². The predicted octanol–water partition coefficient (Wildman–Crippen LogP) is 3.00. The summed E-state index contributed by atoms with van der Waals surface area (Å²) in [7, 11) is 0. The molecular weight excluding hydrogens is 139 g/mol. The Morgan fingerprint density at radius 2 is 2.11 bits per heavy atom. The van der Waals surface area contributed by atoms with E-state index in [4.69, 9.17) is 11.6 Å². The van der Waals surface area contributed by atoms with Crippen molar-refractivity contribution in [3.63, 3.8) is 0 Å². The summed E-state index contributed by atoms with van der Waals surface area (Å²) in [6.45, 7) is 1.86. The van der Waals surface area contributed by atoms with Gasteiger partial charge in [-0.1, -0.05) is 13.3 Å². The Morgan fingerprint density at radius 3 is 2.44 bits per heavy atom. The maximum Gasteiger partial charge on any atom is 0.0923 e. The fourth-order valence-electron chi connectivity index (χ4n) is 0.861. The lowest BCUT2D eigenvalue weighted by Gasteiger charge is -2.07. The Bertz CT molecular complexity index is 50.9. The van der Waals surface area contributed by atoms with E-state index in [1.54, 1.807) is 0 Å². The van der Waals surface area contributed by atoms with Crippen LogP contribution in [-0.2, 0) is 0 Å². The van der Waals surface area contributed by atoms with Crippen LogP contribution in [0.1, 0.15) is 26.2 Å². The highest BCUT2D eigenvalue weighted by Crippen LogP contribution is 2.11. The molecule has 0 spiro atoms. The van der Waals surface area contributed by atoms with Crippen LogP contribution in [0.3, 0.4) is 0 Å². The van der Waals surface area contributed by atoms with Crippen molar-refractivity contribution in [2.24, 2.45) is 5.92 Å². The van der Waals surface area contributed by atoms with Crippen LogP contribution in [-0.4, -0.2) is 12.6 Å². The van der Waals surface area contributed by atoms with Gasteiger partial charge in [-0.25, -0.2) is 0 Å². The lowest BCUT2D eigenvalue weighted by atomic mass is 10.0. The van der Waals surface area contributed by atoms with E-state index < -0.39 is 0 Å². The molecule has 0 aliphatic heterocycles. The number of hydrogen-bond acceptors (Lipinski definition) is 0. The van der Waals surface area contributed by atoms with Crippen molar-refractivity contribution in [2.75, 3.05) is 12.6 Å². The quantitative estimate of drug-likeness (QED) is 0.532. The van der Waals surface area contributed by atoms with Gasteiger partial charge in [0.2, 0.25) is 0 Å². The fraction of sp³-hybridized carbons (Fsp3) is 1.00. The number of halogens is 2. The Labute approximate surface area is 61.4 Å². The first-order valence-corrected chi connectivity index (χ1v) is 4.00. The van der Waals surface area contributed by atoms with Crippen molar-refractivity contribution in [1.82, 2.24) is 0 Å². The molecule has 0 fully saturated rings. The molecule has 2 heteroatoms. The van der Waals surface area contributed by atoms with Crippen molar-refractivity contribution in [3.05, 3.63) is 0 Å². The van der Waals surface area contributed by atoms with Crippen molar-refractivity contribution in [2.45, 2.75) is 26.2 Å². The molecule has 56 valence electrons. The van der Waals surface area contributed by atoms with Crippen LogP contribution in [0.5, 0.6) is 0 Å². The van der Waals surface area contributed by atoms with Crippen LogP contribution in [0.25, 0.3) is 0 Å². The van der Waals surface area contributed by atoms with E-state index in [0.717, 1.165) is 19.3 Å². The van der Waals surface area contributed by atoms with Crippen LogP contribution in [0, 0.1) is 5.92 Å². The molecule has 0 nitrogen and oxygen atoms in total. The van der Waals surface area contributed by atoms with Gasteiger partial charge in [-0.05, 0) is 18.8 Å². The van der Waals surface area contributed by atoms with Gasteiger partial charge in [0.05, 0.1) is 6.67 Å². The molecular formula is C7H14ClF. The molecule has 0 saturated carbocycles. The SMILES string of the molecule is CCCC(CF)CCCl. The summed E-state index contributed by atoms with van der Waals surface area (Å²) in [5.74, 6) is 0.807. The summed E-state index contributed by atoms with van der Waals surface area (Å²) in [5, 5.41) is 0. The van der Waals surface area contributed by atoms with Gasteiger partial charge in [0.25, 0.3) is 0 Å². The zero-order valence-electron chi connectivity index (χ0n) is 5.87. The van der Waals surface area contributed by atoms with E-state index in [2.05, 4.69) is 6.92 Å². The third kappa shape index (κ3) is 4.71. The summed E-state index contributed by atoms with van der Waals surface area (Å²) in [5.41, 5.74) is 0. The normalized spacial score (nSPS) is 13.7. The standard InChI is InChI=1S/C7H14ClF/c1-2-3-7(6-9)4-5-8/h7H,2-6H2,1H3. The van der Waals surface area contributed by atoms with Crippen LogP contribution < -0.4 is 0 Å². The van der Waals surface area contributed by atoms with Crippen molar-refractivity contribution in [3.8, 4) is 0 Å². The molecule has 0 aromatic rings. The molecule has 0 saturated heterocycles. The minimum atomic E-state index is -0.208. The lowest BCUT2D eigenvalue weighted by molar-refractivity contribution is 0.335. The summed E-state index contributed by atoms with van der Waals surface area (Å²) in [6, 6.07) is 0. The Hall–Kier alpha value is 0.220. The molecule has 9 heavy (non-hydrogen) atoms. The zero-order valence-corrected chi connectivity index (χ0v) is 6.62. The highest BCUT2D eigenvalue weighted by molar-refractivity contribution is 6.17. The summed E-state index contributed by atoms with van der Waals surface area (Å²) in [4.78, 5) is 0. The van der Waals surface area contributed by atoms with Crippen molar-refractivity contribution in [1.29, 1.82) is 0 Å². The highest BCUT2D eigenvalue weighted by atomic mass is 35.5. The fourth-order valence-corrected chi connectivity index (χ4v) is 1.17. The van der Waals surface area contributed by atoms with Crippen molar-refractivity contribution < 1.29 is 4.39 Å². The second-order valence-electron chi connectivity index (χ2n) is 2.29. The largest absolute Gasteiger partial charge is 0.251 e. The maximum atomic E-state index is 12.0. The van der Waals surface area contributed by atoms with E-state index in [9.17, 15) is 4.39 Å². The van der Waals surface area contributed by atoms with Gasteiger partial charge in [-0.2, -0.15) is 0 Å². The van der Waals surface area contributed by atoms with Gasteiger partial charge in [-0.3, -0.25) is 4.39 Å². The second kappa shape index (κ2) is 6.34. The second-order valence-corrected chi connectivity index (χ2v) is 2.66. The first-order valence-electron chi connectivity index (χ1n) is 3.47. The zero-order chi connectivity index (χ0) is 7.11. The van der Waals surface area contributed by atoms with Gasteiger partial charge in [0, 0.05) is 5.88 Å². The van der Waals surface area contributed by atoms with E-state index in [-0.39, 0.29) is 12.6 Å². The maximum absolute atomic E-state index is 12.0. The summed E-state index contributed by atoms with van der Waals surface area (Å²) in [6.07, 6.45) is 2.86. The van der Waals surface area contributed by atoms with Crippen LogP contribution in [0.2, 0.25) is 0 Å². The molecule has 0 heterocycles. The molecule has 0 radical (unpaired) electrons. The highest BCUT2D eigenvalue weighted by Gasteiger charge is 2.04. The monoisotopic (exact) mass is 152 g/mol. The molecule has 1 atom stereocenters. The molecule has 0 aliphatic carbocycles. The Morgan fingerprint density at radius 1 is 1.44 bits per heavy atom. The smallest absolute Gasteiger partial charge is 0.0923 e. The van der Waals surface area contributed by atoms with Crippen molar-refractivity contribution >= 4 is 11.6 Å². The lowest BCUT2D eigenvalue weighted by Crippen LogP contribution is -2.02. The first kappa shape index (κ1) is 9.22. The molecule has 1 unspecified atom stereocenters. The number of alkyl halides is 2. The molecule has 0 rings (SSSR count). The molecule has 0 aromatic heterocycles. The summed E-state index contributed by atoms with van der Waals surface area (Å²) < 4.78 is 12.0. The molecule has 0 bridgehead atoms. The van der Waals surface area contributed by atoms with Crippen LogP contribution in [0.15, 0.2) is 0 Å². The minimum absolute atomic E-state index is 0.208. The van der Waals surface area contributed by atoms with E-state index in [1.165, 1.54) is 0 Å². The van der Waals surface area contributed by atoms with Crippen LogP contribution >= 0.6 is 11.6 Å². The molecule has 0 amide bonds.